The van der Waals surface area contributed by atoms with E-state index in [0.29, 0.717) is 12.5 Å². The van der Waals surface area contributed by atoms with Gasteiger partial charge in [-0.05, 0) is 18.6 Å². The van der Waals surface area contributed by atoms with Crippen LogP contribution in [0.1, 0.15) is 24.8 Å². The Balaban J connectivity index is 2.05. The van der Waals surface area contributed by atoms with Crippen LogP contribution in [0.25, 0.3) is 0 Å². The highest BCUT2D eigenvalue weighted by atomic mass is 16.7. The summed E-state index contributed by atoms with van der Waals surface area (Å²) in [6.45, 7) is 2.68. The maximum absolute atomic E-state index is 5.46. The van der Waals surface area contributed by atoms with Crippen molar-refractivity contribution >= 4 is 0 Å². The zero-order valence-electron chi connectivity index (χ0n) is 8.93. The van der Waals surface area contributed by atoms with Crippen molar-refractivity contribution in [1.29, 1.82) is 0 Å². The van der Waals surface area contributed by atoms with E-state index < -0.39 is 0 Å². The van der Waals surface area contributed by atoms with Gasteiger partial charge in [0.05, 0.1) is 6.26 Å². The smallest absolute Gasteiger partial charge is 0.199 e. The Morgan fingerprint density at radius 1 is 1.33 bits per heavy atom. The molecule has 80 valence electrons. The van der Waals surface area contributed by atoms with Gasteiger partial charge >= 0.3 is 0 Å². The molecule has 1 aliphatic heterocycles. The third-order valence-corrected chi connectivity index (χ3v) is 2.57. The Bertz CT molecular complexity index is 319. The average molecular weight is 204 g/mol. The molecule has 2 atom stereocenters. The minimum atomic E-state index is -0.0924. The molecule has 0 saturated heterocycles. The minimum Gasteiger partial charge on any atom is -0.473 e. The number of ether oxygens (including phenoxy) is 2. The Morgan fingerprint density at radius 3 is 2.87 bits per heavy atom. The van der Waals surface area contributed by atoms with Crippen LogP contribution >= 0.6 is 0 Å². The molecule has 1 aromatic carbocycles. The van der Waals surface area contributed by atoms with Gasteiger partial charge in [-0.15, -0.1) is 0 Å². The summed E-state index contributed by atoms with van der Waals surface area (Å²) in [4.78, 5) is 0. The molecule has 0 bridgehead atoms. The van der Waals surface area contributed by atoms with Crippen molar-refractivity contribution in [3.63, 3.8) is 0 Å². The Labute approximate surface area is 90.5 Å². The predicted octanol–water partition coefficient (Wildman–Crippen LogP) is 3.07. The monoisotopic (exact) mass is 204 g/mol. The molecule has 0 unspecified atom stereocenters. The van der Waals surface area contributed by atoms with Crippen molar-refractivity contribution in [3.05, 3.63) is 48.2 Å². The summed E-state index contributed by atoms with van der Waals surface area (Å²) in [5.74, 6) is 0.413. The van der Waals surface area contributed by atoms with E-state index in [-0.39, 0.29) is 6.29 Å². The van der Waals surface area contributed by atoms with Crippen LogP contribution in [0.4, 0.5) is 0 Å². The lowest BCUT2D eigenvalue weighted by Gasteiger charge is -2.25. The lowest BCUT2D eigenvalue weighted by molar-refractivity contribution is -0.114. The van der Waals surface area contributed by atoms with E-state index in [2.05, 4.69) is 30.3 Å². The molecular weight excluding hydrogens is 188 g/mol. The van der Waals surface area contributed by atoms with Gasteiger partial charge in [0, 0.05) is 18.9 Å². The van der Waals surface area contributed by atoms with E-state index in [1.165, 1.54) is 5.56 Å². The largest absolute Gasteiger partial charge is 0.473 e. The molecule has 0 N–H and O–H groups in total. The Hall–Kier alpha value is -1.28. The molecule has 1 aromatic rings. The predicted molar refractivity (Wildman–Crippen MR) is 59.4 cm³/mol. The maximum Gasteiger partial charge on any atom is 0.199 e. The second-order valence-corrected chi connectivity index (χ2v) is 3.60. The first-order chi connectivity index (χ1) is 7.40. The third kappa shape index (κ3) is 2.60. The van der Waals surface area contributed by atoms with Crippen LogP contribution in [0, 0.1) is 0 Å². The van der Waals surface area contributed by atoms with Crippen molar-refractivity contribution in [2.75, 3.05) is 6.61 Å². The van der Waals surface area contributed by atoms with Crippen molar-refractivity contribution in [3.8, 4) is 0 Å². The fourth-order valence-corrected chi connectivity index (χ4v) is 1.81. The van der Waals surface area contributed by atoms with Crippen LogP contribution in [-0.2, 0) is 9.47 Å². The maximum atomic E-state index is 5.46. The van der Waals surface area contributed by atoms with Crippen molar-refractivity contribution in [2.45, 2.75) is 25.6 Å². The number of benzene rings is 1. The van der Waals surface area contributed by atoms with Crippen LogP contribution < -0.4 is 0 Å². The summed E-state index contributed by atoms with van der Waals surface area (Å²) in [5, 5.41) is 0. The molecule has 2 nitrogen and oxygen atoms in total. The normalized spacial score (nSPS) is 24.9. The van der Waals surface area contributed by atoms with E-state index >= 15 is 0 Å². The van der Waals surface area contributed by atoms with E-state index in [0.717, 1.165) is 6.42 Å². The first kappa shape index (κ1) is 10.2. The molecule has 0 spiro atoms. The van der Waals surface area contributed by atoms with Gasteiger partial charge < -0.3 is 9.47 Å². The first-order valence-corrected chi connectivity index (χ1v) is 5.39. The SMILES string of the molecule is CCO[C@H]1C[C@H](c2ccccc2)C=CO1. The summed E-state index contributed by atoms with van der Waals surface area (Å²) in [7, 11) is 0. The molecule has 2 heteroatoms. The number of rotatable bonds is 3. The highest BCUT2D eigenvalue weighted by molar-refractivity contribution is 5.24. The summed E-state index contributed by atoms with van der Waals surface area (Å²) in [5.41, 5.74) is 1.32. The van der Waals surface area contributed by atoms with E-state index in [4.69, 9.17) is 9.47 Å². The molecule has 0 amide bonds. The average Bonchev–Trinajstić information content (AvgIpc) is 2.31. The van der Waals surface area contributed by atoms with Crippen LogP contribution in [-0.4, -0.2) is 12.9 Å². The molecule has 15 heavy (non-hydrogen) atoms. The topological polar surface area (TPSA) is 18.5 Å². The molecule has 0 saturated carbocycles. The summed E-state index contributed by atoms with van der Waals surface area (Å²) < 4.78 is 10.8. The van der Waals surface area contributed by atoms with E-state index in [1.807, 2.05) is 13.0 Å². The van der Waals surface area contributed by atoms with Gasteiger partial charge in [-0.3, -0.25) is 0 Å². The lowest BCUT2D eigenvalue weighted by Crippen LogP contribution is -2.21. The zero-order valence-corrected chi connectivity index (χ0v) is 8.93. The van der Waals surface area contributed by atoms with Crippen LogP contribution in [0.5, 0.6) is 0 Å². The Morgan fingerprint density at radius 2 is 2.13 bits per heavy atom. The van der Waals surface area contributed by atoms with Gasteiger partial charge in [0.1, 0.15) is 0 Å². The number of allylic oxidation sites excluding steroid dienone is 1. The highest BCUT2D eigenvalue weighted by Crippen LogP contribution is 2.27. The Kier molecular flexibility index (Phi) is 3.41. The van der Waals surface area contributed by atoms with Crippen molar-refractivity contribution in [1.82, 2.24) is 0 Å². The van der Waals surface area contributed by atoms with Crippen LogP contribution in [0.3, 0.4) is 0 Å². The van der Waals surface area contributed by atoms with Crippen molar-refractivity contribution in [2.24, 2.45) is 0 Å². The van der Waals surface area contributed by atoms with Gasteiger partial charge in [-0.1, -0.05) is 30.3 Å². The van der Waals surface area contributed by atoms with Crippen molar-refractivity contribution < 1.29 is 9.47 Å². The molecule has 0 aromatic heterocycles. The van der Waals surface area contributed by atoms with Gasteiger partial charge in [-0.25, -0.2) is 0 Å². The summed E-state index contributed by atoms with van der Waals surface area (Å²) >= 11 is 0. The molecule has 1 heterocycles. The molecule has 0 aliphatic carbocycles. The van der Waals surface area contributed by atoms with Gasteiger partial charge in [-0.2, -0.15) is 0 Å². The number of hydrogen-bond donors (Lipinski definition) is 0. The van der Waals surface area contributed by atoms with Gasteiger partial charge in [0.15, 0.2) is 6.29 Å². The fraction of sp³-hybridized carbons (Fsp3) is 0.385. The zero-order chi connectivity index (χ0) is 10.5. The van der Waals surface area contributed by atoms with Crippen LogP contribution in [0.2, 0.25) is 0 Å². The summed E-state index contributed by atoms with van der Waals surface area (Å²) in [6, 6.07) is 10.4. The first-order valence-electron chi connectivity index (χ1n) is 5.39. The van der Waals surface area contributed by atoms with Gasteiger partial charge in [0.2, 0.25) is 0 Å². The highest BCUT2D eigenvalue weighted by Gasteiger charge is 2.20. The van der Waals surface area contributed by atoms with Gasteiger partial charge in [0.25, 0.3) is 0 Å². The quantitative estimate of drug-likeness (QED) is 0.753. The molecule has 0 radical (unpaired) electrons. The molecule has 2 rings (SSSR count). The summed E-state index contributed by atoms with van der Waals surface area (Å²) in [6.07, 6.45) is 4.64. The molecular formula is C13H16O2. The standard InChI is InChI=1S/C13H16O2/c1-2-14-13-10-12(8-9-15-13)11-6-4-3-5-7-11/h3-9,12-13H,2,10H2,1H3/t12-,13-/m1/s1. The number of hydrogen-bond acceptors (Lipinski definition) is 2. The minimum absolute atomic E-state index is 0.0924. The molecule has 1 aliphatic rings. The van der Waals surface area contributed by atoms with E-state index in [1.54, 1.807) is 6.26 Å². The van der Waals surface area contributed by atoms with E-state index in [9.17, 15) is 0 Å². The molecule has 0 fully saturated rings. The third-order valence-electron chi connectivity index (χ3n) is 2.57. The second kappa shape index (κ2) is 4.99. The fourth-order valence-electron chi connectivity index (χ4n) is 1.81. The lowest BCUT2D eigenvalue weighted by atomic mass is 9.94. The van der Waals surface area contributed by atoms with Crippen LogP contribution in [0.15, 0.2) is 42.7 Å². The second-order valence-electron chi connectivity index (χ2n) is 3.60.